The van der Waals surface area contributed by atoms with Crippen LogP contribution in [0.4, 0.5) is 0 Å². The minimum atomic E-state index is -0.367. The summed E-state index contributed by atoms with van der Waals surface area (Å²) in [4.78, 5) is 12.0. The van der Waals surface area contributed by atoms with Crippen LogP contribution in [0.5, 0.6) is 0 Å². The summed E-state index contributed by atoms with van der Waals surface area (Å²) >= 11 is 9.33. The summed E-state index contributed by atoms with van der Waals surface area (Å²) < 4.78 is 2.45. The number of amides is 1. The van der Waals surface area contributed by atoms with Gasteiger partial charge in [0, 0.05) is 17.8 Å². The highest BCUT2D eigenvalue weighted by atomic mass is 79.9. The summed E-state index contributed by atoms with van der Waals surface area (Å²) in [7, 11) is 0. The van der Waals surface area contributed by atoms with E-state index < -0.39 is 0 Å². The van der Waals surface area contributed by atoms with Gasteiger partial charge in [-0.2, -0.15) is 5.10 Å². The molecule has 1 atom stereocenters. The van der Waals surface area contributed by atoms with Crippen molar-refractivity contribution < 1.29 is 4.79 Å². The molecule has 6 heteroatoms. The molecule has 1 N–H and O–H groups in total. The number of halogens is 2. The minimum absolute atomic E-state index is 0.101. The van der Waals surface area contributed by atoms with Crippen LogP contribution in [0.1, 0.15) is 18.5 Å². The van der Waals surface area contributed by atoms with Gasteiger partial charge in [0.1, 0.15) is 6.04 Å². The third-order valence-corrected chi connectivity index (χ3v) is 3.54. The summed E-state index contributed by atoms with van der Waals surface area (Å²) in [5.41, 5.74) is 0.895. The summed E-state index contributed by atoms with van der Waals surface area (Å²) in [5.74, 6) is -0.101. The van der Waals surface area contributed by atoms with Crippen molar-refractivity contribution in [3.05, 3.63) is 51.7 Å². The lowest BCUT2D eigenvalue weighted by molar-refractivity contribution is -0.124. The first-order valence-electron chi connectivity index (χ1n) is 5.78. The van der Waals surface area contributed by atoms with E-state index in [4.69, 9.17) is 11.6 Å². The largest absolute Gasteiger partial charge is 0.350 e. The van der Waals surface area contributed by atoms with E-state index in [0.29, 0.717) is 11.6 Å². The Balaban J connectivity index is 1.96. The van der Waals surface area contributed by atoms with Gasteiger partial charge in [0.05, 0.1) is 10.7 Å². The van der Waals surface area contributed by atoms with Crippen LogP contribution in [0, 0.1) is 0 Å². The first-order valence-corrected chi connectivity index (χ1v) is 6.96. The maximum Gasteiger partial charge on any atom is 0.244 e. The number of carbonyl (C=O) groups excluding carboxylic acids is 1. The van der Waals surface area contributed by atoms with Crippen LogP contribution < -0.4 is 5.32 Å². The van der Waals surface area contributed by atoms with Crippen molar-refractivity contribution in [2.24, 2.45) is 0 Å². The molecule has 0 radical (unpaired) electrons. The van der Waals surface area contributed by atoms with Crippen LogP contribution in [0.15, 0.2) is 41.1 Å². The molecule has 0 fully saturated rings. The van der Waals surface area contributed by atoms with Gasteiger partial charge in [-0.15, -0.1) is 0 Å². The van der Waals surface area contributed by atoms with E-state index in [0.717, 1.165) is 10.0 Å². The average Bonchev–Trinajstić information content (AvgIpc) is 2.83. The number of hydrogen-bond acceptors (Lipinski definition) is 2. The van der Waals surface area contributed by atoms with Gasteiger partial charge in [0.2, 0.25) is 5.91 Å². The monoisotopic (exact) mass is 341 g/mol. The fraction of sp³-hybridized carbons (Fsp3) is 0.231. The van der Waals surface area contributed by atoms with Crippen molar-refractivity contribution in [1.29, 1.82) is 0 Å². The van der Waals surface area contributed by atoms with E-state index in [1.807, 2.05) is 18.2 Å². The van der Waals surface area contributed by atoms with Gasteiger partial charge in [-0.25, -0.2) is 0 Å². The van der Waals surface area contributed by atoms with Gasteiger partial charge in [0.25, 0.3) is 0 Å². The van der Waals surface area contributed by atoms with Gasteiger partial charge in [-0.1, -0.05) is 29.8 Å². The molecule has 0 unspecified atom stereocenters. The standard InChI is InChI=1S/C13H13BrClN3O/c1-9(18-8-11(14)7-17-18)13(19)16-6-10-4-2-3-5-12(10)15/h2-5,7-9H,6H2,1H3,(H,16,19)/t9-/m0/s1. The Morgan fingerprint density at radius 2 is 2.26 bits per heavy atom. The number of nitrogens with one attached hydrogen (secondary N) is 1. The summed E-state index contributed by atoms with van der Waals surface area (Å²) in [6.07, 6.45) is 3.41. The molecule has 0 saturated heterocycles. The summed E-state index contributed by atoms with van der Waals surface area (Å²) in [6.45, 7) is 2.20. The molecule has 2 rings (SSSR count). The molecule has 0 spiro atoms. The van der Waals surface area contributed by atoms with Crippen molar-refractivity contribution in [2.75, 3.05) is 0 Å². The number of rotatable bonds is 4. The first-order chi connectivity index (χ1) is 9.08. The second-order valence-electron chi connectivity index (χ2n) is 4.12. The molecule has 2 aromatic rings. The Morgan fingerprint density at radius 3 is 2.89 bits per heavy atom. The second kappa shape index (κ2) is 6.21. The van der Waals surface area contributed by atoms with Gasteiger partial charge >= 0.3 is 0 Å². The van der Waals surface area contributed by atoms with Crippen molar-refractivity contribution in [1.82, 2.24) is 15.1 Å². The van der Waals surface area contributed by atoms with E-state index in [1.165, 1.54) is 0 Å². The van der Waals surface area contributed by atoms with Crippen LogP contribution in [0.25, 0.3) is 0 Å². The van der Waals surface area contributed by atoms with Crippen molar-refractivity contribution in [2.45, 2.75) is 19.5 Å². The predicted molar refractivity (Wildman–Crippen MR) is 77.9 cm³/mol. The van der Waals surface area contributed by atoms with E-state index in [9.17, 15) is 4.79 Å². The third kappa shape index (κ3) is 3.58. The van der Waals surface area contributed by atoms with Crippen molar-refractivity contribution in [3.8, 4) is 0 Å². The number of carbonyl (C=O) groups is 1. The zero-order valence-corrected chi connectivity index (χ0v) is 12.6. The fourth-order valence-corrected chi connectivity index (χ4v) is 2.12. The van der Waals surface area contributed by atoms with E-state index in [2.05, 4.69) is 26.3 Å². The molecular weight excluding hydrogens is 330 g/mol. The van der Waals surface area contributed by atoms with Crippen LogP contribution >= 0.6 is 27.5 Å². The molecule has 100 valence electrons. The summed E-state index contributed by atoms with van der Waals surface area (Å²) in [5, 5.41) is 7.59. The Morgan fingerprint density at radius 1 is 1.53 bits per heavy atom. The number of benzene rings is 1. The quantitative estimate of drug-likeness (QED) is 0.927. The molecule has 4 nitrogen and oxygen atoms in total. The average molecular weight is 343 g/mol. The lowest BCUT2D eigenvalue weighted by Gasteiger charge is -2.13. The lowest BCUT2D eigenvalue weighted by Crippen LogP contribution is -2.30. The minimum Gasteiger partial charge on any atom is -0.350 e. The third-order valence-electron chi connectivity index (χ3n) is 2.76. The van der Waals surface area contributed by atoms with Gasteiger partial charge < -0.3 is 5.32 Å². The molecule has 1 aromatic heterocycles. The second-order valence-corrected chi connectivity index (χ2v) is 5.45. The van der Waals surface area contributed by atoms with Crippen molar-refractivity contribution in [3.63, 3.8) is 0 Å². The molecule has 0 bridgehead atoms. The highest BCUT2D eigenvalue weighted by molar-refractivity contribution is 9.10. The number of nitrogens with zero attached hydrogens (tertiary/aromatic N) is 2. The van der Waals surface area contributed by atoms with E-state index in [1.54, 1.807) is 30.1 Å². The first kappa shape index (κ1) is 14.1. The maximum atomic E-state index is 12.0. The fourth-order valence-electron chi connectivity index (χ4n) is 1.62. The highest BCUT2D eigenvalue weighted by Gasteiger charge is 2.15. The van der Waals surface area contributed by atoms with Crippen LogP contribution in [0.3, 0.4) is 0 Å². The molecule has 0 aliphatic heterocycles. The van der Waals surface area contributed by atoms with Crippen LogP contribution in [-0.4, -0.2) is 15.7 Å². The Kier molecular flexibility index (Phi) is 4.61. The Hall–Kier alpha value is -1.33. The van der Waals surface area contributed by atoms with E-state index >= 15 is 0 Å². The molecule has 0 aliphatic rings. The van der Waals surface area contributed by atoms with Crippen molar-refractivity contribution >= 4 is 33.4 Å². The summed E-state index contributed by atoms with van der Waals surface area (Å²) in [6, 6.07) is 7.07. The zero-order valence-electron chi connectivity index (χ0n) is 10.3. The van der Waals surface area contributed by atoms with Gasteiger partial charge in [-0.3, -0.25) is 9.48 Å². The Bertz CT molecular complexity index is 585. The zero-order chi connectivity index (χ0) is 13.8. The normalized spacial score (nSPS) is 12.2. The topological polar surface area (TPSA) is 46.9 Å². The molecule has 0 saturated carbocycles. The molecule has 1 heterocycles. The lowest BCUT2D eigenvalue weighted by atomic mass is 10.2. The maximum absolute atomic E-state index is 12.0. The number of hydrogen-bond donors (Lipinski definition) is 1. The number of aromatic nitrogens is 2. The SMILES string of the molecule is C[C@@H](C(=O)NCc1ccccc1Cl)n1cc(Br)cn1. The molecule has 1 amide bonds. The predicted octanol–water partition coefficient (Wildman–Crippen LogP) is 3.18. The molecular formula is C13H13BrClN3O. The molecule has 1 aromatic carbocycles. The van der Waals surface area contributed by atoms with Crippen LogP contribution in [-0.2, 0) is 11.3 Å². The van der Waals surface area contributed by atoms with Crippen LogP contribution in [0.2, 0.25) is 5.02 Å². The smallest absolute Gasteiger partial charge is 0.244 e. The van der Waals surface area contributed by atoms with Gasteiger partial charge in [0.15, 0.2) is 0 Å². The highest BCUT2D eigenvalue weighted by Crippen LogP contribution is 2.15. The molecule has 0 aliphatic carbocycles. The molecule has 19 heavy (non-hydrogen) atoms. The van der Waals surface area contributed by atoms with E-state index in [-0.39, 0.29) is 11.9 Å². The Labute approximate surface area is 124 Å². The van der Waals surface area contributed by atoms with Gasteiger partial charge in [-0.05, 0) is 34.5 Å².